The van der Waals surface area contributed by atoms with Crippen molar-refractivity contribution in [2.75, 3.05) is 0 Å². The highest BCUT2D eigenvalue weighted by Gasteiger charge is 2.06. The van der Waals surface area contributed by atoms with Gasteiger partial charge in [-0.15, -0.1) is 0 Å². The second-order valence-electron chi connectivity index (χ2n) is 3.56. The van der Waals surface area contributed by atoms with Gasteiger partial charge in [0.1, 0.15) is 0 Å². The summed E-state index contributed by atoms with van der Waals surface area (Å²) >= 11 is 6.24. The number of aryl methyl sites for hydroxylation is 1. The summed E-state index contributed by atoms with van der Waals surface area (Å²) in [7, 11) is 0. The maximum Gasteiger partial charge on any atom is 0.0722 e. The van der Waals surface area contributed by atoms with Crippen LogP contribution >= 0.6 is 31.9 Å². The highest BCUT2D eigenvalue weighted by molar-refractivity contribution is 9.11. The predicted octanol–water partition coefficient (Wildman–Crippen LogP) is 5.53. The van der Waals surface area contributed by atoms with Crippen molar-refractivity contribution in [1.29, 1.82) is 0 Å². The molecule has 3 rings (SSSR count). The molecule has 0 atom stereocenters. The summed E-state index contributed by atoms with van der Waals surface area (Å²) in [5.74, 6) is 0. The Labute approximate surface area is 138 Å². The highest BCUT2D eigenvalue weighted by atomic mass is 79.9. The summed E-state index contributed by atoms with van der Waals surface area (Å²) in [5, 5.41) is -0.305. The number of nitrogens with zero attached hydrogens (tertiary/aromatic N) is 1. The topological polar surface area (TPSA) is 12.9 Å². The van der Waals surface area contributed by atoms with Crippen LogP contribution in [0, 0.1) is 13.7 Å². The molecule has 90 valence electrons. The van der Waals surface area contributed by atoms with Gasteiger partial charge in [-0.3, -0.25) is 4.98 Å². The van der Waals surface area contributed by atoms with Crippen molar-refractivity contribution in [3.05, 3.63) is 50.4 Å². The van der Waals surface area contributed by atoms with Gasteiger partial charge in [0.25, 0.3) is 0 Å². The van der Waals surface area contributed by atoms with Crippen LogP contribution in [0.5, 0.6) is 0 Å². The molecule has 0 amide bonds. The van der Waals surface area contributed by atoms with Crippen molar-refractivity contribution in [2.45, 2.75) is 13.7 Å². The average molecular weight is 376 g/mol. The molecule has 0 saturated heterocycles. The van der Waals surface area contributed by atoms with E-state index in [1.807, 2.05) is 0 Å². The van der Waals surface area contributed by atoms with E-state index in [-0.39, 0.29) is 36.7 Å². The van der Waals surface area contributed by atoms with E-state index in [4.69, 9.17) is 15.1 Å². The molecule has 3 aromatic rings. The molecule has 0 fully saturated rings. The molecule has 0 bridgehead atoms. The molecule has 0 spiro atoms. The zero-order valence-corrected chi connectivity index (χ0v) is 11.9. The average Bonchev–Trinajstić information content (AvgIpc) is 2.55. The maximum atomic E-state index is 8.54. The maximum absolute atomic E-state index is 8.54. The number of hydrogen-bond donors (Lipinski definition) is 0. The molecule has 0 aliphatic carbocycles. The molecular formula is C15H11Br2N. The Balaban J connectivity index is 2.70. The van der Waals surface area contributed by atoms with Gasteiger partial charge in [0, 0.05) is 28.3 Å². The number of halogens is 2. The Morgan fingerprint density at radius 2 is 1.83 bits per heavy atom. The summed E-state index contributed by atoms with van der Waals surface area (Å²) < 4.78 is 87.1. The first-order valence-corrected chi connectivity index (χ1v) is 6.41. The molecule has 0 N–H and O–H groups in total. The third-order valence-corrected chi connectivity index (χ3v) is 3.55. The van der Waals surface area contributed by atoms with Gasteiger partial charge in [0.2, 0.25) is 0 Å². The predicted molar refractivity (Wildman–Crippen MR) is 84.1 cm³/mol. The van der Waals surface area contributed by atoms with E-state index in [1.165, 1.54) is 0 Å². The van der Waals surface area contributed by atoms with Crippen LogP contribution in [0.4, 0.5) is 0 Å². The number of rotatable bonds is 0. The molecule has 0 aliphatic rings. The van der Waals surface area contributed by atoms with Crippen LogP contribution in [0.1, 0.15) is 26.3 Å². The SMILES string of the molecule is [2H]c1c(C([2H])([2H])[2H])nc2c([2H])c3c([2H])c(C([2H])([2H])[2H])c([2H])c(Br)c3c([2H])c2c1Br. The quantitative estimate of drug-likeness (QED) is 0.470. The van der Waals surface area contributed by atoms with E-state index >= 15 is 0 Å². The number of pyridine rings is 1. The molecule has 1 nitrogen and oxygen atoms in total. The molecule has 3 heteroatoms. The summed E-state index contributed by atoms with van der Waals surface area (Å²) in [6, 6.07) is -2.33. The molecule has 1 aromatic heterocycles. The largest absolute Gasteiger partial charge is 0.253 e. The normalized spacial score (nSPS) is 21.6. The Morgan fingerprint density at radius 3 is 2.61 bits per heavy atom. The minimum Gasteiger partial charge on any atom is -0.253 e. The van der Waals surface area contributed by atoms with Crippen LogP contribution in [-0.4, -0.2) is 4.98 Å². The van der Waals surface area contributed by atoms with Gasteiger partial charge in [-0.05, 0) is 54.2 Å². The molecule has 0 aliphatic heterocycles. The van der Waals surface area contributed by atoms with Gasteiger partial charge in [-0.25, -0.2) is 0 Å². The Bertz CT molecular complexity index is 1200. The highest BCUT2D eigenvalue weighted by Crippen LogP contribution is 2.32. The molecule has 0 unspecified atom stereocenters. The number of benzene rings is 2. The lowest BCUT2D eigenvalue weighted by atomic mass is 10.0. The van der Waals surface area contributed by atoms with Crippen LogP contribution in [0.15, 0.2) is 39.2 Å². The summed E-state index contributed by atoms with van der Waals surface area (Å²) in [6.45, 7) is -5.56. The zero-order valence-electron chi connectivity index (χ0n) is 19.7. The minimum absolute atomic E-state index is 0.0263. The van der Waals surface area contributed by atoms with E-state index in [0.717, 1.165) is 0 Å². The lowest BCUT2D eigenvalue weighted by Crippen LogP contribution is -1.87. The fourth-order valence-electron chi connectivity index (χ4n) is 1.63. The molecular weight excluding hydrogens is 354 g/mol. The first-order valence-electron chi connectivity index (χ1n) is 10.3. The van der Waals surface area contributed by atoms with Crippen molar-refractivity contribution in [3.63, 3.8) is 0 Å². The first kappa shape index (κ1) is 4.88. The smallest absolute Gasteiger partial charge is 0.0722 e. The molecule has 18 heavy (non-hydrogen) atoms. The molecule has 0 radical (unpaired) electrons. The zero-order chi connectivity index (χ0) is 22.2. The number of aromatic nitrogens is 1. The second kappa shape index (κ2) is 4.32. The lowest BCUT2D eigenvalue weighted by molar-refractivity contribution is 1.25. The van der Waals surface area contributed by atoms with E-state index in [1.54, 1.807) is 0 Å². The third-order valence-electron chi connectivity index (χ3n) is 2.36. The van der Waals surface area contributed by atoms with Gasteiger partial charge >= 0.3 is 0 Å². The standard InChI is InChI=1S/C15H11Br2N/c1-8-3-10-6-15-12(7-11(10)13(16)4-8)14(17)5-9(2)18-15/h3-7H,1-2H3/i1D3,2D3,3D,4D,5D,6D,7D. The van der Waals surface area contributed by atoms with Crippen molar-refractivity contribution in [3.8, 4) is 0 Å². The minimum atomic E-state index is -2.81. The van der Waals surface area contributed by atoms with Crippen molar-refractivity contribution >= 4 is 53.5 Å². The first-order chi connectivity index (χ1) is 13.1. The Morgan fingerprint density at radius 1 is 1.00 bits per heavy atom. The van der Waals surface area contributed by atoms with Gasteiger partial charge in [-0.2, -0.15) is 0 Å². The molecule has 2 aromatic carbocycles. The van der Waals surface area contributed by atoms with Gasteiger partial charge < -0.3 is 0 Å². The summed E-state index contributed by atoms with van der Waals surface area (Å²) in [4.78, 5) is 3.93. The van der Waals surface area contributed by atoms with Crippen LogP contribution in [0.3, 0.4) is 0 Å². The molecule has 1 heterocycles. The van der Waals surface area contributed by atoms with Crippen molar-refractivity contribution in [1.82, 2.24) is 4.98 Å². The van der Waals surface area contributed by atoms with Crippen LogP contribution < -0.4 is 0 Å². The number of fused-ring (bicyclic) bond motifs is 2. The Kier molecular flexibility index (Phi) is 1.17. The van der Waals surface area contributed by atoms with Crippen LogP contribution in [0.25, 0.3) is 21.7 Å². The van der Waals surface area contributed by atoms with E-state index in [2.05, 4.69) is 36.8 Å². The summed E-state index contributed by atoms with van der Waals surface area (Å²) in [5.41, 5.74) is -1.41. The van der Waals surface area contributed by atoms with E-state index in [9.17, 15) is 0 Å². The van der Waals surface area contributed by atoms with Crippen LogP contribution in [0.2, 0.25) is 0 Å². The lowest BCUT2D eigenvalue weighted by Gasteiger charge is -2.07. The van der Waals surface area contributed by atoms with Gasteiger partial charge in [0.15, 0.2) is 0 Å². The van der Waals surface area contributed by atoms with Gasteiger partial charge in [-0.1, -0.05) is 37.9 Å². The fourth-order valence-corrected chi connectivity index (χ4v) is 2.60. The van der Waals surface area contributed by atoms with Crippen molar-refractivity contribution < 1.29 is 15.1 Å². The third kappa shape index (κ3) is 1.95. The Hall–Kier alpha value is -0.930. The molecule has 0 saturated carbocycles. The van der Waals surface area contributed by atoms with Crippen LogP contribution in [-0.2, 0) is 0 Å². The van der Waals surface area contributed by atoms with Gasteiger partial charge in [0.05, 0.1) is 12.4 Å². The number of hydrogen-bond acceptors (Lipinski definition) is 1. The summed E-state index contributed by atoms with van der Waals surface area (Å²) in [6.07, 6.45) is 0. The monoisotopic (exact) mass is 374 g/mol. The van der Waals surface area contributed by atoms with E-state index in [0.29, 0.717) is 0 Å². The van der Waals surface area contributed by atoms with E-state index < -0.39 is 49.1 Å². The second-order valence-corrected chi connectivity index (χ2v) is 5.15. The van der Waals surface area contributed by atoms with Crippen molar-refractivity contribution in [2.24, 2.45) is 0 Å². The fraction of sp³-hybridized carbons (Fsp3) is 0.133.